The quantitative estimate of drug-likeness (QED) is 0.845. The normalized spacial score (nSPS) is 16.2. The first-order valence-electron chi connectivity index (χ1n) is 7.24. The summed E-state index contributed by atoms with van der Waals surface area (Å²) in [5.74, 6) is -0.517. The van der Waals surface area contributed by atoms with Gasteiger partial charge in [-0.3, -0.25) is 0 Å². The van der Waals surface area contributed by atoms with Crippen LogP contribution in [0.5, 0.6) is 0 Å². The number of carboxylic acid groups (broad SMARTS) is 1. The van der Waals surface area contributed by atoms with E-state index in [-0.39, 0.29) is 10.5 Å². The Morgan fingerprint density at radius 3 is 2.62 bits per heavy atom. The topological polar surface area (TPSA) is 83.5 Å². The first-order valence-corrected chi connectivity index (χ1v) is 8.72. The van der Waals surface area contributed by atoms with Crippen LogP contribution in [0, 0.1) is 12.8 Å². The van der Waals surface area contributed by atoms with Crippen molar-refractivity contribution in [3.05, 3.63) is 29.3 Å². The van der Waals surface area contributed by atoms with Gasteiger partial charge >= 0.3 is 5.97 Å². The molecule has 0 unspecified atom stereocenters. The first-order chi connectivity index (χ1) is 9.90. The van der Waals surface area contributed by atoms with Crippen molar-refractivity contribution in [2.75, 3.05) is 6.54 Å². The highest BCUT2D eigenvalue weighted by Gasteiger charge is 2.20. The highest BCUT2D eigenvalue weighted by molar-refractivity contribution is 7.89. The van der Waals surface area contributed by atoms with Crippen LogP contribution in [0.4, 0.5) is 0 Å². The highest BCUT2D eigenvalue weighted by atomic mass is 32.2. The Morgan fingerprint density at radius 2 is 2.00 bits per heavy atom. The maximum Gasteiger partial charge on any atom is 0.335 e. The van der Waals surface area contributed by atoms with E-state index >= 15 is 0 Å². The molecule has 1 aromatic rings. The van der Waals surface area contributed by atoms with Gasteiger partial charge in [-0.05, 0) is 37.0 Å². The monoisotopic (exact) mass is 311 g/mol. The third-order valence-corrected chi connectivity index (χ3v) is 5.65. The van der Waals surface area contributed by atoms with E-state index in [0.717, 1.165) is 6.42 Å². The van der Waals surface area contributed by atoms with Gasteiger partial charge in [0.2, 0.25) is 10.0 Å². The van der Waals surface area contributed by atoms with Gasteiger partial charge in [0.15, 0.2) is 0 Å². The van der Waals surface area contributed by atoms with E-state index in [2.05, 4.69) is 4.72 Å². The molecule has 21 heavy (non-hydrogen) atoms. The van der Waals surface area contributed by atoms with E-state index in [1.54, 1.807) is 6.92 Å². The lowest BCUT2D eigenvalue weighted by atomic mass is 10.1. The Kier molecular flexibility index (Phi) is 5.00. The number of sulfonamides is 1. The van der Waals surface area contributed by atoms with Crippen LogP contribution < -0.4 is 4.72 Å². The van der Waals surface area contributed by atoms with E-state index in [1.807, 2.05) is 0 Å². The summed E-state index contributed by atoms with van der Waals surface area (Å²) in [6, 6.07) is 4.15. The van der Waals surface area contributed by atoms with Gasteiger partial charge in [-0.15, -0.1) is 0 Å². The Bertz CT molecular complexity index is 619. The molecule has 0 spiro atoms. The second kappa shape index (κ2) is 6.58. The van der Waals surface area contributed by atoms with Crippen LogP contribution in [-0.2, 0) is 10.0 Å². The molecule has 2 rings (SSSR count). The van der Waals surface area contributed by atoms with E-state index in [1.165, 1.54) is 43.9 Å². The number of carbonyl (C=O) groups is 1. The third-order valence-electron chi connectivity index (χ3n) is 4.04. The largest absolute Gasteiger partial charge is 0.478 e. The summed E-state index contributed by atoms with van der Waals surface area (Å²) in [5, 5.41) is 8.97. The molecule has 116 valence electrons. The summed E-state index contributed by atoms with van der Waals surface area (Å²) in [6.45, 7) is 2.07. The number of aryl methyl sites for hydroxylation is 1. The maximum atomic E-state index is 12.3. The van der Waals surface area contributed by atoms with Gasteiger partial charge in [-0.2, -0.15) is 0 Å². The zero-order chi connectivity index (χ0) is 15.5. The number of aromatic carboxylic acids is 1. The summed E-state index contributed by atoms with van der Waals surface area (Å²) in [4.78, 5) is 11.0. The van der Waals surface area contributed by atoms with Gasteiger partial charge in [0.25, 0.3) is 0 Å². The first kappa shape index (κ1) is 16.0. The Balaban J connectivity index is 2.07. The summed E-state index contributed by atoms with van der Waals surface area (Å²) in [6.07, 6.45) is 5.66. The predicted molar refractivity (Wildman–Crippen MR) is 79.9 cm³/mol. The molecule has 0 aromatic heterocycles. The van der Waals surface area contributed by atoms with Crippen molar-refractivity contribution in [3.63, 3.8) is 0 Å². The molecule has 2 N–H and O–H groups in total. The predicted octanol–water partition coefficient (Wildman–Crippen LogP) is 2.55. The SMILES string of the molecule is Cc1ccc(C(=O)O)cc1S(=O)(=O)NCCC1CCCC1. The van der Waals surface area contributed by atoms with Crippen LogP contribution in [0.1, 0.15) is 48.0 Å². The fourth-order valence-corrected chi connectivity index (χ4v) is 4.11. The lowest BCUT2D eigenvalue weighted by Crippen LogP contribution is -2.26. The minimum atomic E-state index is -3.65. The molecule has 1 aromatic carbocycles. The van der Waals surface area contributed by atoms with Crippen LogP contribution in [0.3, 0.4) is 0 Å². The number of hydrogen-bond donors (Lipinski definition) is 2. The minimum Gasteiger partial charge on any atom is -0.478 e. The molecular formula is C15H21NO4S. The number of rotatable bonds is 6. The van der Waals surface area contributed by atoms with E-state index in [0.29, 0.717) is 18.0 Å². The molecular weight excluding hydrogens is 290 g/mol. The molecule has 1 fully saturated rings. The summed E-state index contributed by atoms with van der Waals surface area (Å²) in [7, 11) is -3.65. The fourth-order valence-electron chi connectivity index (χ4n) is 2.80. The molecule has 0 bridgehead atoms. The smallest absolute Gasteiger partial charge is 0.335 e. The summed E-state index contributed by atoms with van der Waals surface area (Å²) >= 11 is 0. The van der Waals surface area contributed by atoms with Crippen LogP contribution in [0.2, 0.25) is 0 Å². The van der Waals surface area contributed by atoms with Crippen molar-refractivity contribution in [1.82, 2.24) is 4.72 Å². The summed E-state index contributed by atoms with van der Waals surface area (Å²) in [5.41, 5.74) is 0.533. The molecule has 1 aliphatic rings. The molecule has 1 aliphatic carbocycles. The van der Waals surface area contributed by atoms with Gasteiger partial charge in [-0.1, -0.05) is 31.7 Å². The molecule has 0 atom stereocenters. The Morgan fingerprint density at radius 1 is 1.33 bits per heavy atom. The van der Waals surface area contributed by atoms with E-state index in [4.69, 9.17) is 5.11 Å². The molecule has 0 amide bonds. The van der Waals surface area contributed by atoms with Crippen molar-refractivity contribution >= 4 is 16.0 Å². The Labute approximate surface area is 125 Å². The molecule has 1 saturated carbocycles. The molecule has 0 heterocycles. The second-order valence-corrected chi connectivity index (χ2v) is 7.36. The molecule has 5 nitrogen and oxygen atoms in total. The number of benzene rings is 1. The van der Waals surface area contributed by atoms with Crippen LogP contribution in [-0.4, -0.2) is 26.0 Å². The lowest BCUT2D eigenvalue weighted by molar-refractivity contribution is 0.0696. The van der Waals surface area contributed by atoms with Gasteiger partial charge in [0.1, 0.15) is 0 Å². The average Bonchev–Trinajstić information content (AvgIpc) is 2.91. The van der Waals surface area contributed by atoms with Crippen LogP contribution in [0.15, 0.2) is 23.1 Å². The fraction of sp³-hybridized carbons (Fsp3) is 0.533. The van der Waals surface area contributed by atoms with Gasteiger partial charge in [0, 0.05) is 6.54 Å². The van der Waals surface area contributed by atoms with Crippen molar-refractivity contribution in [2.24, 2.45) is 5.92 Å². The van der Waals surface area contributed by atoms with Crippen molar-refractivity contribution in [3.8, 4) is 0 Å². The van der Waals surface area contributed by atoms with Gasteiger partial charge in [0.05, 0.1) is 10.5 Å². The molecule has 6 heteroatoms. The molecule has 0 radical (unpaired) electrons. The maximum absolute atomic E-state index is 12.3. The van der Waals surface area contributed by atoms with Crippen molar-refractivity contribution in [1.29, 1.82) is 0 Å². The third kappa shape index (κ3) is 4.04. The van der Waals surface area contributed by atoms with Crippen molar-refractivity contribution < 1.29 is 18.3 Å². The number of carboxylic acids is 1. The lowest BCUT2D eigenvalue weighted by Gasteiger charge is -2.12. The van der Waals surface area contributed by atoms with Crippen LogP contribution in [0.25, 0.3) is 0 Å². The highest BCUT2D eigenvalue weighted by Crippen LogP contribution is 2.27. The minimum absolute atomic E-state index is 0.0169. The molecule has 0 saturated heterocycles. The van der Waals surface area contributed by atoms with Crippen LogP contribution >= 0.6 is 0 Å². The number of nitrogens with one attached hydrogen (secondary N) is 1. The zero-order valence-corrected chi connectivity index (χ0v) is 12.9. The van der Waals surface area contributed by atoms with E-state index in [9.17, 15) is 13.2 Å². The number of hydrogen-bond acceptors (Lipinski definition) is 3. The van der Waals surface area contributed by atoms with Gasteiger partial charge < -0.3 is 5.11 Å². The van der Waals surface area contributed by atoms with E-state index < -0.39 is 16.0 Å². The Hall–Kier alpha value is -1.40. The standard InChI is InChI=1S/C15H21NO4S/c1-11-6-7-13(15(17)18)10-14(11)21(19,20)16-9-8-12-4-2-3-5-12/h6-7,10,12,16H,2-5,8-9H2,1H3,(H,17,18). The zero-order valence-electron chi connectivity index (χ0n) is 12.1. The molecule has 0 aliphatic heterocycles. The second-order valence-electron chi connectivity index (χ2n) is 5.62. The average molecular weight is 311 g/mol. The van der Waals surface area contributed by atoms with Gasteiger partial charge in [-0.25, -0.2) is 17.9 Å². The summed E-state index contributed by atoms with van der Waals surface area (Å²) < 4.78 is 27.2. The van der Waals surface area contributed by atoms with Crippen molar-refractivity contribution in [2.45, 2.75) is 43.9 Å².